The number of aliphatic hydroxyl groups is 1. The van der Waals surface area contributed by atoms with Crippen LogP contribution in [-0.2, 0) is 0 Å². The van der Waals surface area contributed by atoms with Crippen LogP contribution < -0.4 is 10.6 Å². The molecule has 0 aromatic carbocycles. The average molecular weight is 248 g/mol. The lowest BCUT2D eigenvalue weighted by atomic mass is 10.1. The molecule has 0 amide bonds. The third-order valence-electron chi connectivity index (χ3n) is 2.89. The highest BCUT2D eigenvalue weighted by Gasteiger charge is 2.24. The molecule has 3 N–H and O–H groups in total. The number of hydrogen-bond acceptors (Lipinski definition) is 6. The van der Waals surface area contributed by atoms with Crippen LogP contribution in [0.25, 0.3) is 0 Å². The van der Waals surface area contributed by atoms with E-state index >= 15 is 0 Å². The summed E-state index contributed by atoms with van der Waals surface area (Å²) in [5.74, 6) is 0. The van der Waals surface area contributed by atoms with Gasteiger partial charge in [-0.05, 0) is 12.8 Å². The number of nitriles is 2. The van der Waals surface area contributed by atoms with Gasteiger partial charge in [-0.2, -0.15) is 10.5 Å². The average Bonchev–Trinajstić information content (AvgIpc) is 2.66. The van der Waals surface area contributed by atoms with Crippen molar-refractivity contribution >= 4 is 22.0 Å². The van der Waals surface area contributed by atoms with Crippen molar-refractivity contribution in [2.24, 2.45) is 0 Å². The van der Waals surface area contributed by atoms with Gasteiger partial charge in [0.05, 0.1) is 11.8 Å². The van der Waals surface area contributed by atoms with Gasteiger partial charge in [0.15, 0.2) is 0 Å². The van der Waals surface area contributed by atoms with Crippen LogP contribution in [0.1, 0.15) is 23.3 Å². The molecule has 0 spiro atoms. The van der Waals surface area contributed by atoms with Crippen LogP contribution in [-0.4, -0.2) is 24.3 Å². The minimum atomic E-state index is -0.260. The number of hydrogen-bond donors (Lipinski definition) is 2. The lowest BCUT2D eigenvalue weighted by molar-refractivity contribution is 0.145. The molecule has 1 aromatic heterocycles. The molecule has 0 radical (unpaired) electrons. The summed E-state index contributed by atoms with van der Waals surface area (Å²) in [5.41, 5.74) is 6.42. The molecule has 2 heterocycles. The summed E-state index contributed by atoms with van der Waals surface area (Å²) in [6, 6.07) is 4.06. The lowest BCUT2D eigenvalue weighted by Crippen LogP contribution is -2.35. The van der Waals surface area contributed by atoms with Crippen molar-refractivity contribution in [1.82, 2.24) is 0 Å². The van der Waals surface area contributed by atoms with Gasteiger partial charge in [-0.3, -0.25) is 0 Å². The standard InChI is InChI=1S/C11H12N4OS/c12-5-8-10(14)9(6-13)17-11(8)15-3-1-7(16)2-4-15/h7,16H,1-4,14H2. The number of aliphatic hydroxyl groups excluding tert-OH is 1. The van der Waals surface area contributed by atoms with Crippen LogP contribution in [0.3, 0.4) is 0 Å². The van der Waals surface area contributed by atoms with Crippen LogP contribution in [0.4, 0.5) is 10.7 Å². The van der Waals surface area contributed by atoms with Crippen LogP contribution in [0.15, 0.2) is 0 Å². The topological polar surface area (TPSA) is 97.1 Å². The molecule has 0 aliphatic carbocycles. The molecular formula is C11H12N4OS. The Morgan fingerprint density at radius 1 is 1.29 bits per heavy atom. The molecule has 1 fully saturated rings. The number of anilines is 2. The molecule has 0 unspecified atom stereocenters. The predicted molar refractivity (Wildman–Crippen MR) is 65.6 cm³/mol. The first kappa shape index (κ1) is 11.7. The minimum absolute atomic E-state index is 0.260. The molecule has 1 saturated heterocycles. The van der Waals surface area contributed by atoms with Gasteiger partial charge >= 0.3 is 0 Å². The van der Waals surface area contributed by atoms with E-state index in [1.165, 1.54) is 11.3 Å². The highest BCUT2D eigenvalue weighted by atomic mass is 32.1. The molecule has 1 aliphatic rings. The normalized spacial score (nSPS) is 16.5. The molecule has 1 aromatic rings. The summed E-state index contributed by atoms with van der Waals surface area (Å²) < 4.78 is 0. The van der Waals surface area contributed by atoms with Crippen LogP contribution >= 0.6 is 11.3 Å². The van der Waals surface area contributed by atoms with Gasteiger partial charge in [0.1, 0.15) is 27.6 Å². The van der Waals surface area contributed by atoms with Gasteiger partial charge in [-0.25, -0.2) is 0 Å². The highest BCUT2D eigenvalue weighted by molar-refractivity contribution is 7.17. The first-order valence-electron chi connectivity index (χ1n) is 5.32. The number of nitrogens with zero attached hydrogens (tertiary/aromatic N) is 3. The minimum Gasteiger partial charge on any atom is -0.396 e. The van der Waals surface area contributed by atoms with E-state index < -0.39 is 0 Å². The van der Waals surface area contributed by atoms with Gasteiger partial charge in [0.2, 0.25) is 0 Å². The summed E-state index contributed by atoms with van der Waals surface area (Å²) >= 11 is 1.25. The maximum Gasteiger partial charge on any atom is 0.131 e. The predicted octanol–water partition coefficient (Wildman–Crippen LogP) is 1.03. The number of nitrogens with two attached hydrogens (primary N) is 1. The fourth-order valence-corrected chi connectivity index (χ4v) is 2.93. The Bertz CT molecular complexity index is 503. The Labute approximate surface area is 103 Å². The highest BCUT2D eigenvalue weighted by Crippen LogP contribution is 2.38. The molecule has 0 bridgehead atoms. The molecule has 2 rings (SSSR count). The molecule has 1 aliphatic heterocycles. The van der Waals surface area contributed by atoms with Crippen molar-refractivity contribution < 1.29 is 5.11 Å². The maximum atomic E-state index is 9.44. The Balaban J connectivity index is 2.33. The van der Waals surface area contributed by atoms with E-state index in [2.05, 4.69) is 6.07 Å². The largest absolute Gasteiger partial charge is 0.396 e. The third kappa shape index (κ3) is 2.05. The quantitative estimate of drug-likeness (QED) is 0.773. The summed E-state index contributed by atoms with van der Waals surface area (Å²) in [6.45, 7) is 1.39. The van der Waals surface area contributed by atoms with Crippen molar-refractivity contribution in [3.63, 3.8) is 0 Å². The van der Waals surface area contributed by atoms with Gasteiger partial charge in [0, 0.05) is 13.1 Å². The Kier molecular flexibility index (Phi) is 3.19. The first-order valence-corrected chi connectivity index (χ1v) is 6.14. The number of piperidine rings is 1. The van der Waals surface area contributed by atoms with Crippen LogP contribution in [0, 0.1) is 22.7 Å². The number of nitrogen functional groups attached to an aromatic ring is 1. The zero-order valence-electron chi connectivity index (χ0n) is 9.18. The van der Waals surface area contributed by atoms with E-state index in [9.17, 15) is 5.11 Å². The van der Waals surface area contributed by atoms with E-state index in [-0.39, 0.29) is 11.8 Å². The van der Waals surface area contributed by atoms with Gasteiger partial charge < -0.3 is 15.7 Å². The molecule has 88 valence electrons. The summed E-state index contributed by atoms with van der Waals surface area (Å²) in [7, 11) is 0. The second-order valence-corrected chi connectivity index (χ2v) is 4.97. The zero-order valence-corrected chi connectivity index (χ0v) is 10.00. The summed E-state index contributed by atoms with van der Waals surface area (Å²) in [4.78, 5) is 2.41. The third-order valence-corrected chi connectivity index (χ3v) is 4.06. The Morgan fingerprint density at radius 3 is 2.47 bits per heavy atom. The van der Waals surface area contributed by atoms with E-state index in [0.29, 0.717) is 36.4 Å². The molecule has 17 heavy (non-hydrogen) atoms. The van der Waals surface area contributed by atoms with Crippen LogP contribution in [0.2, 0.25) is 0 Å². The fourth-order valence-electron chi connectivity index (χ4n) is 1.91. The van der Waals surface area contributed by atoms with E-state index in [1.54, 1.807) is 0 Å². The van der Waals surface area contributed by atoms with Crippen LogP contribution in [0.5, 0.6) is 0 Å². The maximum absolute atomic E-state index is 9.44. The second-order valence-electron chi connectivity index (χ2n) is 3.97. The smallest absolute Gasteiger partial charge is 0.131 e. The van der Waals surface area contributed by atoms with E-state index in [4.69, 9.17) is 16.3 Å². The molecule has 5 nitrogen and oxygen atoms in total. The summed E-state index contributed by atoms with van der Waals surface area (Å²) in [5, 5.41) is 28.2. The first-order chi connectivity index (χ1) is 8.17. The van der Waals surface area contributed by atoms with Gasteiger partial charge in [-0.15, -0.1) is 11.3 Å². The van der Waals surface area contributed by atoms with Crippen molar-refractivity contribution in [3.05, 3.63) is 10.4 Å². The van der Waals surface area contributed by atoms with Crippen molar-refractivity contribution in [2.45, 2.75) is 18.9 Å². The van der Waals surface area contributed by atoms with E-state index in [0.717, 1.165) is 5.00 Å². The van der Waals surface area contributed by atoms with Gasteiger partial charge in [-0.1, -0.05) is 0 Å². The lowest BCUT2D eigenvalue weighted by Gasteiger charge is -2.30. The Hall–Kier alpha value is -1.76. The number of rotatable bonds is 1. The second kappa shape index (κ2) is 4.62. The molecular weight excluding hydrogens is 236 g/mol. The fraction of sp³-hybridized carbons (Fsp3) is 0.455. The molecule has 0 saturated carbocycles. The van der Waals surface area contributed by atoms with Gasteiger partial charge in [0.25, 0.3) is 0 Å². The van der Waals surface area contributed by atoms with Crippen molar-refractivity contribution in [3.8, 4) is 12.1 Å². The number of thiophene rings is 1. The Morgan fingerprint density at radius 2 is 1.94 bits per heavy atom. The van der Waals surface area contributed by atoms with E-state index in [1.807, 2.05) is 11.0 Å². The zero-order chi connectivity index (χ0) is 12.4. The monoisotopic (exact) mass is 248 g/mol. The summed E-state index contributed by atoms with van der Waals surface area (Å²) in [6.07, 6.45) is 1.11. The molecule has 0 atom stereocenters. The SMILES string of the molecule is N#Cc1sc(N2CCC(O)CC2)c(C#N)c1N. The molecule has 6 heteroatoms. The van der Waals surface area contributed by atoms with Crippen molar-refractivity contribution in [1.29, 1.82) is 10.5 Å². The van der Waals surface area contributed by atoms with Crippen molar-refractivity contribution in [2.75, 3.05) is 23.7 Å².